The van der Waals surface area contributed by atoms with Crippen LogP contribution in [-0.2, 0) is 0 Å². The van der Waals surface area contributed by atoms with Crippen molar-refractivity contribution in [1.82, 2.24) is 14.8 Å². The summed E-state index contributed by atoms with van der Waals surface area (Å²) in [6, 6.07) is 10.4. The molecule has 1 unspecified atom stereocenters. The van der Waals surface area contributed by atoms with Gasteiger partial charge in [0.15, 0.2) is 0 Å². The molecule has 4 nitrogen and oxygen atoms in total. The predicted molar refractivity (Wildman–Crippen MR) is 97.3 cm³/mol. The Kier molecular flexibility index (Phi) is 4.63. The lowest BCUT2D eigenvalue weighted by Gasteiger charge is -2.28. The summed E-state index contributed by atoms with van der Waals surface area (Å²) in [6.45, 7) is 4.28. The number of carbonyl (C=O) groups is 1. The summed E-state index contributed by atoms with van der Waals surface area (Å²) in [5.41, 5.74) is 1.68. The number of thiazole rings is 1. The molecule has 3 heterocycles. The Morgan fingerprint density at radius 2 is 1.92 bits per heavy atom. The van der Waals surface area contributed by atoms with Crippen molar-refractivity contribution in [2.24, 2.45) is 0 Å². The van der Waals surface area contributed by atoms with Gasteiger partial charge in [0.1, 0.15) is 10.7 Å². The molecule has 0 saturated carbocycles. The Hall–Kier alpha value is -1.72. The number of aromatic nitrogens is 1. The standard InChI is InChI=1S/C19H23N3OS/c23-19(17-14-24-18(20-17)15-7-2-1-3-8-15)22-12-6-9-16(22)13-21-10-4-5-11-21/h1-3,7-8,14,16H,4-6,9-13H2. The lowest BCUT2D eigenvalue weighted by Crippen LogP contribution is -2.42. The van der Waals surface area contributed by atoms with Crippen molar-refractivity contribution >= 4 is 17.2 Å². The molecule has 2 fully saturated rings. The van der Waals surface area contributed by atoms with Gasteiger partial charge in [-0.3, -0.25) is 4.79 Å². The summed E-state index contributed by atoms with van der Waals surface area (Å²) < 4.78 is 0. The van der Waals surface area contributed by atoms with Crippen molar-refractivity contribution in [1.29, 1.82) is 0 Å². The van der Waals surface area contributed by atoms with E-state index in [0.29, 0.717) is 11.7 Å². The maximum atomic E-state index is 12.9. The third kappa shape index (κ3) is 3.23. The number of benzene rings is 1. The first-order chi connectivity index (χ1) is 11.8. The fraction of sp³-hybridized carbons (Fsp3) is 0.474. The van der Waals surface area contributed by atoms with E-state index in [9.17, 15) is 4.79 Å². The summed E-state index contributed by atoms with van der Waals surface area (Å²) in [7, 11) is 0. The fourth-order valence-corrected chi connectivity index (χ4v) is 4.59. The van der Waals surface area contributed by atoms with E-state index in [0.717, 1.165) is 36.5 Å². The fourth-order valence-electron chi connectivity index (χ4n) is 3.79. The second kappa shape index (κ2) is 7.03. The average Bonchev–Trinajstić information content (AvgIpc) is 3.37. The molecule has 2 aromatic rings. The monoisotopic (exact) mass is 341 g/mol. The molecular formula is C19H23N3OS. The van der Waals surface area contributed by atoms with Crippen molar-refractivity contribution in [3.05, 3.63) is 41.4 Å². The molecule has 2 aliphatic heterocycles. The zero-order valence-electron chi connectivity index (χ0n) is 13.9. The molecule has 5 heteroatoms. The van der Waals surface area contributed by atoms with E-state index in [1.165, 1.54) is 25.9 Å². The smallest absolute Gasteiger partial charge is 0.273 e. The van der Waals surface area contributed by atoms with Crippen LogP contribution in [0.3, 0.4) is 0 Å². The number of nitrogens with zero attached hydrogens (tertiary/aromatic N) is 3. The van der Waals surface area contributed by atoms with Gasteiger partial charge in [0.25, 0.3) is 5.91 Å². The third-order valence-electron chi connectivity index (χ3n) is 5.05. The van der Waals surface area contributed by atoms with Gasteiger partial charge >= 0.3 is 0 Å². The Bertz CT molecular complexity index is 694. The summed E-state index contributed by atoms with van der Waals surface area (Å²) in [5, 5.41) is 2.84. The summed E-state index contributed by atoms with van der Waals surface area (Å²) in [5.74, 6) is 0.107. The molecule has 0 aliphatic carbocycles. The SMILES string of the molecule is O=C(c1csc(-c2ccccc2)n1)N1CCCC1CN1CCCC1. The van der Waals surface area contributed by atoms with E-state index in [4.69, 9.17) is 0 Å². The molecule has 126 valence electrons. The van der Waals surface area contributed by atoms with Crippen LogP contribution in [0.4, 0.5) is 0 Å². The highest BCUT2D eigenvalue weighted by Crippen LogP contribution is 2.26. The van der Waals surface area contributed by atoms with E-state index in [-0.39, 0.29) is 5.91 Å². The number of likely N-dealkylation sites (tertiary alicyclic amines) is 2. The van der Waals surface area contributed by atoms with Crippen LogP contribution in [0, 0.1) is 0 Å². The van der Waals surface area contributed by atoms with E-state index in [2.05, 4.69) is 14.8 Å². The molecule has 0 bridgehead atoms. The third-order valence-corrected chi connectivity index (χ3v) is 5.94. The molecule has 2 aliphatic rings. The van der Waals surface area contributed by atoms with Gasteiger partial charge in [-0.05, 0) is 38.8 Å². The summed E-state index contributed by atoms with van der Waals surface area (Å²) >= 11 is 1.55. The van der Waals surface area contributed by atoms with Crippen LogP contribution in [0.5, 0.6) is 0 Å². The first kappa shape index (κ1) is 15.8. The Morgan fingerprint density at radius 1 is 1.12 bits per heavy atom. The number of amides is 1. The van der Waals surface area contributed by atoms with Gasteiger partial charge in [-0.15, -0.1) is 11.3 Å². The number of rotatable bonds is 4. The van der Waals surface area contributed by atoms with Gasteiger partial charge in [-0.25, -0.2) is 4.98 Å². The maximum Gasteiger partial charge on any atom is 0.273 e. The van der Waals surface area contributed by atoms with Crippen molar-refractivity contribution < 1.29 is 4.79 Å². The Balaban J connectivity index is 1.47. The van der Waals surface area contributed by atoms with E-state index < -0.39 is 0 Å². The summed E-state index contributed by atoms with van der Waals surface area (Å²) in [6.07, 6.45) is 4.83. The van der Waals surface area contributed by atoms with Crippen LogP contribution in [0.15, 0.2) is 35.7 Å². The first-order valence-corrected chi connectivity index (χ1v) is 9.73. The zero-order chi connectivity index (χ0) is 16.4. The minimum atomic E-state index is 0.107. The molecule has 4 rings (SSSR count). The number of hydrogen-bond donors (Lipinski definition) is 0. The van der Waals surface area contributed by atoms with Crippen LogP contribution in [-0.4, -0.2) is 52.9 Å². The van der Waals surface area contributed by atoms with Gasteiger partial charge in [0, 0.05) is 30.1 Å². The van der Waals surface area contributed by atoms with E-state index in [1.54, 1.807) is 11.3 Å². The Morgan fingerprint density at radius 3 is 2.71 bits per heavy atom. The van der Waals surface area contributed by atoms with Crippen molar-refractivity contribution in [3.8, 4) is 10.6 Å². The molecule has 24 heavy (non-hydrogen) atoms. The topological polar surface area (TPSA) is 36.4 Å². The minimum Gasteiger partial charge on any atom is -0.333 e. The lowest BCUT2D eigenvalue weighted by atomic mass is 10.2. The number of carbonyl (C=O) groups excluding carboxylic acids is 1. The Labute approximate surface area is 147 Å². The highest BCUT2D eigenvalue weighted by Gasteiger charge is 2.32. The van der Waals surface area contributed by atoms with Crippen molar-refractivity contribution in [2.75, 3.05) is 26.2 Å². The highest BCUT2D eigenvalue weighted by atomic mass is 32.1. The van der Waals surface area contributed by atoms with Crippen molar-refractivity contribution in [3.63, 3.8) is 0 Å². The zero-order valence-corrected chi connectivity index (χ0v) is 14.7. The molecule has 0 radical (unpaired) electrons. The quantitative estimate of drug-likeness (QED) is 0.854. The highest BCUT2D eigenvalue weighted by molar-refractivity contribution is 7.13. The van der Waals surface area contributed by atoms with Crippen LogP contribution in [0.1, 0.15) is 36.2 Å². The molecule has 0 N–H and O–H groups in total. The summed E-state index contributed by atoms with van der Waals surface area (Å²) in [4.78, 5) is 22.1. The predicted octanol–water partition coefficient (Wildman–Crippen LogP) is 3.51. The largest absolute Gasteiger partial charge is 0.333 e. The molecule has 1 aromatic heterocycles. The van der Waals surface area contributed by atoms with Crippen LogP contribution >= 0.6 is 11.3 Å². The van der Waals surface area contributed by atoms with Crippen LogP contribution in [0.2, 0.25) is 0 Å². The molecule has 2 saturated heterocycles. The van der Waals surface area contributed by atoms with Crippen LogP contribution < -0.4 is 0 Å². The van der Waals surface area contributed by atoms with E-state index in [1.807, 2.05) is 35.7 Å². The minimum absolute atomic E-state index is 0.107. The second-order valence-corrected chi connectivity index (χ2v) is 7.56. The van der Waals surface area contributed by atoms with Gasteiger partial charge < -0.3 is 9.80 Å². The van der Waals surface area contributed by atoms with Gasteiger partial charge in [-0.1, -0.05) is 30.3 Å². The molecule has 1 amide bonds. The second-order valence-electron chi connectivity index (χ2n) is 6.71. The first-order valence-electron chi connectivity index (χ1n) is 8.85. The van der Waals surface area contributed by atoms with Gasteiger partial charge in [-0.2, -0.15) is 0 Å². The number of hydrogen-bond acceptors (Lipinski definition) is 4. The molecular weight excluding hydrogens is 318 g/mol. The van der Waals surface area contributed by atoms with E-state index >= 15 is 0 Å². The average molecular weight is 341 g/mol. The molecule has 1 aromatic carbocycles. The van der Waals surface area contributed by atoms with Gasteiger partial charge in [0.2, 0.25) is 0 Å². The maximum absolute atomic E-state index is 12.9. The van der Waals surface area contributed by atoms with Gasteiger partial charge in [0.05, 0.1) is 0 Å². The molecule has 0 spiro atoms. The lowest BCUT2D eigenvalue weighted by molar-refractivity contribution is 0.0704. The normalized spacial score (nSPS) is 21.5. The van der Waals surface area contributed by atoms with Crippen LogP contribution in [0.25, 0.3) is 10.6 Å². The molecule has 1 atom stereocenters. The van der Waals surface area contributed by atoms with Crippen molar-refractivity contribution in [2.45, 2.75) is 31.7 Å².